The fourth-order valence-electron chi connectivity index (χ4n) is 1.11. The average molecular weight is 230 g/mol. The molecule has 0 aliphatic carbocycles. The summed E-state index contributed by atoms with van der Waals surface area (Å²) in [7, 11) is 0. The Labute approximate surface area is 93.1 Å². The number of hydrogen-bond acceptors (Lipinski definition) is 6. The van der Waals surface area contributed by atoms with Crippen molar-refractivity contribution in [2.24, 2.45) is 0 Å². The van der Waals surface area contributed by atoms with Crippen LogP contribution in [0.4, 0.5) is 0 Å². The average Bonchev–Trinajstić information content (AvgIpc) is 2.72. The topological polar surface area (TPSA) is 71.1 Å². The Morgan fingerprint density at radius 1 is 1.06 bits per heavy atom. The fraction of sp³-hybridized carbons (Fsp3) is 0.600. The normalized spacial score (nSPS) is 13.8. The highest BCUT2D eigenvalue weighted by molar-refractivity contribution is 6.14. The predicted molar refractivity (Wildman–Crippen MR) is 52.2 cm³/mol. The van der Waals surface area contributed by atoms with Crippen LogP contribution in [0.15, 0.2) is 11.5 Å². The minimum Gasteiger partial charge on any atom is -0.462 e. The first kappa shape index (κ1) is 12.4. The summed E-state index contributed by atoms with van der Waals surface area (Å²) in [5.74, 6) is -1.70. The van der Waals surface area contributed by atoms with E-state index in [9.17, 15) is 9.59 Å². The van der Waals surface area contributed by atoms with Crippen LogP contribution in [0.3, 0.4) is 0 Å². The number of carbonyl (C=O) groups is 2. The van der Waals surface area contributed by atoms with Crippen molar-refractivity contribution in [1.29, 1.82) is 0 Å². The van der Waals surface area contributed by atoms with Gasteiger partial charge in [0.15, 0.2) is 0 Å². The van der Waals surface area contributed by atoms with E-state index < -0.39 is 11.9 Å². The quantitative estimate of drug-likeness (QED) is 0.301. The summed E-state index contributed by atoms with van der Waals surface area (Å²) >= 11 is 0. The van der Waals surface area contributed by atoms with Crippen molar-refractivity contribution in [1.82, 2.24) is 0 Å². The summed E-state index contributed by atoms with van der Waals surface area (Å²) in [6.07, 6.45) is 0. The van der Waals surface area contributed by atoms with Crippen molar-refractivity contribution in [2.75, 3.05) is 26.4 Å². The van der Waals surface area contributed by atoms with E-state index in [-0.39, 0.29) is 24.7 Å². The van der Waals surface area contributed by atoms with Gasteiger partial charge in [-0.1, -0.05) is 0 Å². The number of carbonyl (C=O) groups excluding carboxylic acids is 2. The molecular formula is C10H14O6. The summed E-state index contributed by atoms with van der Waals surface area (Å²) in [5.41, 5.74) is -0.318. The van der Waals surface area contributed by atoms with Gasteiger partial charge in [-0.3, -0.25) is 0 Å². The highest BCUT2D eigenvalue weighted by Gasteiger charge is 2.31. The fourth-order valence-corrected chi connectivity index (χ4v) is 1.11. The Hall–Kier alpha value is -1.72. The molecule has 6 nitrogen and oxygen atoms in total. The third kappa shape index (κ3) is 2.88. The lowest BCUT2D eigenvalue weighted by Crippen LogP contribution is -2.20. The number of hydrogen-bond donors (Lipinski definition) is 0. The molecule has 0 N–H and O–H groups in total. The second kappa shape index (κ2) is 5.99. The Balaban J connectivity index is 2.88. The lowest BCUT2D eigenvalue weighted by Gasteiger charge is -2.07. The maximum atomic E-state index is 11.5. The SMILES string of the molecule is CCOC(=O)C(C(=O)OCC)=C1OCCO1. The highest BCUT2D eigenvalue weighted by Crippen LogP contribution is 2.16. The molecule has 0 atom stereocenters. The third-order valence-electron chi connectivity index (χ3n) is 1.71. The first-order valence-electron chi connectivity index (χ1n) is 5.04. The highest BCUT2D eigenvalue weighted by atomic mass is 16.7. The van der Waals surface area contributed by atoms with Crippen molar-refractivity contribution >= 4 is 11.9 Å². The van der Waals surface area contributed by atoms with E-state index in [1.54, 1.807) is 13.8 Å². The first-order valence-corrected chi connectivity index (χ1v) is 5.04. The van der Waals surface area contributed by atoms with Crippen molar-refractivity contribution < 1.29 is 28.5 Å². The van der Waals surface area contributed by atoms with Crippen LogP contribution in [0.25, 0.3) is 0 Å². The molecular weight excluding hydrogens is 216 g/mol. The van der Waals surface area contributed by atoms with Crippen LogP contribution in [0.2, 0.25) is 0 Å². The number of esters is 2. The maximum absolute atomic E-state index is 11.5. The van der Waals surface area contributed by atoms with Gasteiger partial charge in [-0.05, 0) is 13.8 Å². The van der Waals surface area contributed by atoms with Gasteiger partial charge in [0.05, 0.1) is 13.2 Å². The van der Waals surface area contributed by atoms with Gasteiger partial charge in [0, 0.05) is 0 Å². The maximum Gasteiger partial charge on any atom is 0.352 e. The molecule has 0 aromatic heterocycles. The molecule has 16 heavy (non-hydrogen) atoms. The summed E-state index contributed by atoms with van der Waals surface area (Å²) in [6.45, 7) is 4.21. The Bertz CT molecular complexity index is 278. The van der Waals surface area contributed by atoms with Gasteiger partial charge in [0.2, 0.25) is 5.57 Å². The summed E-state index contributed by atoms with van der Waals surface area (Å²) in [4.78, 5) is 23.0. The standard InChI is InChI=1S/C10H14O6/c1-3-13-8(11)7(9(12)14-4-2)10-15-5-6-16-10/h3-6H2,1-2H3. The molecule has 1 aliphatic rings. The summed E-state index contributed by atoms with van der Waals surface area (Å²) < 4.78 is 19.5. The van der Waals surface area contributed by atoms with Crippen molar-refractivity contribution in [3.8, 4) is 0 Å². The molecule has 1 fully saturated rings. The van der Waals surface area contributed by atoms with Crippen LogP contribution in [0.1, 0.15) is 13.8 Å². The molecule has 1 saturated heterocycles. The molecule has 1 rings (SSSR count). The predicted octanol–water partition coefficient (Wildman–Crippen LogP) is 0.371. The number of ether oxygens (including phenoxy) is 4. The van der Waals surface area contributed by atoms with Crippen LogP contribution in [-0.2, 0) is 28.5 Å². The van der Waals surface area contributed by atoms with Gasteiger partial charge in [-0.25, -0.2) is 9.59 Å². The largest absolute Gasteiger partial charge is 0.462 e. The molecule has 0 aromatic rings. The Kier molecular flexibility index (Phi) is 4.63. The zero-order valence-corrected chi connectivity index (χ0v) is 9.28. The van der Waals surface area contributed by atoms with Crippen LogP contribution >= 0.6 is 0 Å². The monoisotopic (exact) mass is 230 g/mol. The van der Waals surface area contributed by atoms with E-state index in [1.165, 1.54) is 0 Å². The van der Waals surface area contributed by atoms with E-state index >= 15 is 0 Å². The van der Waals surface area contributed by atoms with Crippen molar-refractivity contribution in [3.63, 3.8) is 0 Å². The summed E-state index contributed by atoms with van der Waals surface area (Å²) in [5, 5.41) is 0. The third-order valence-corrected chi connectivity index (χ3v) is 1.71. The summed E-state index contributed by atoms with van der Waals surface area (Å²) in [6, 6.07) is 0. The van der Waals surface area contributed by atoms with Gasteiger partial charge in [-0.15, -0.1) is 0 Å². The zero-order chi connectivity index (χ0) is 12.0. The van der Waals surface area contributed by atoms with Crippen LogP contribution in [0, 0.1) is 0 Å². The van der Waals surface area contributed by atoms with Crippen LogP contribution in [0.5, 0.6) is 0 Å². The minimum absolute atomic E-state index is 0.114. The molecule has 0 radical (unpaired) electrons. The molecule has 1 heterocycles. The van der Waals surface area contributed by atoms with Crippen molar-refractivity contribution in [2.45, 2.75) is 13.8 Å². The molecule has 0 aromatic carbocycles. The lowest BCUT2D eigenvalue weighted by atomic mass is 10.3. The molecule has 1 aliphatic heterocycles. The van der Waals surface area contributed by atoms with Gasteiger partial charge in [0.25, 0.3) is 0 Å². The zero-order valence-electron chi connectivity index (χ0n) is 9.28. The Morgan fingerprint density at radius 3 is 1.88 bits per heavy atom. The van der Waals surface area contributed by atoms with E-state index in [4.69, 9.17) is 18.9 Å². The lowest BCUT2D eigenvalue weighted by molar-refractivity contribution is -0.147. The van der Waals surface area contributed by atoms with E-state index in [1.807, 2.05) is 0 Å². The van der Waals surface area contributed by atoms with Gasteiger partial charge >= 0.3 is 17.9 Å². The molecule has 0 bridgehead atoms. The Morgan fingerprint density at radius 2 is 1.50 bits per heavy atom. The minimum atomic E-state index is -0.794. The van der Waals surface area contributed by atoms with Crippen LogP contribution in [-0.4, -0.2) is 38.4 Å². The van der Waals surface area contributed by atoms with Gasteiger partial charge < -0.3 is 18.9 Å². The smallest absolute Gasteiger partial charge is 0.352 e. The molecule has 0 saturated carbocycles. The second-order valence-electron chi connectivity index (χ2n) is 2.80. The molecule has 90 valence electrons. The van der Waals surface area contributed by atoms with E-state index in [0.29, 0.717) is 13.2 Å². The second-order valence-corrected chi connectivity index (χ2v) is 2.80. The number of rotatable bonds is 4. The first-order chi connectivity index (χ1) is 7.70. The van der Waals surface area contributed by atoms with Gasteiger partial charge in [0.1, 0.15) is 13.2 Å². The van der Waals surface area contributed by atoms with E-state index in [0.717, 1.165) is 0 Å². The molecule has 0 spiro atoms. The molecule has 0 amide bonds. The van der Waals surface area contributed by atoms with E-state index in [2.05, 4.69) is 0 Å². The van der Waals surface area contributed by atoms with Gasteiger partial charge in [-0.2, -0.15) is 0 Å². The van der Waals surface area contributed by atoms with Crippen molar-refractivity contribution in [3.05, 3.63) is 11.5 Å². The molecule has 0 unspecified atom stereocenters. The molecule has 6 heteroatoms. The van der Waals surface area contributed by atoms with Crippen LogP contribution < -0.4 is 0 Å².